The third-order valence-electron chi connectivity index (χ3n) is 11.6. The van der Waals surface area contributed by atoms with Crippen molar-refractivity contribution in [3.63, 3.8) is 0 Å². The van der Waals surface area contributed by atoms with Gasteiger partial charge in [0.15, 0.2) is 17.2 Å². The summed E-state index contributed by atoms with van der Waals surface area (Å²) in [4.78, 5) is 20.6. The molecule has 0 saturated carbocycles. The molecule has 13 rings (SSSR count). The summed E-state index contributed by atoms with van der Waals surface area (Å²) in [5, 5.41) is 6.51. The Kier molecular flexibility index (Phi) is 6.85. The van der Waals surface area contributed by atoms with Gasteiger partial charge in [-0.15, -0.1) is 0 Å². The number of fused-ring (bicyclic) bond motifs is 11. The van der Waals surface area contributed by atoms with Crippen LogP contribution in [0.25, 0.3) is 123 Å². The molecule has 280 valence electrons. The molecule has 0 bridgehead atoms. The molecule has 8 nitrogen and oxygen atoms in total. The highest BCUT2D eigenvalue weighted by molar-refractivity contribution is 6.23. The monoisotopic (exact) mass is 770 g/mol. The molecule has 0 saturated heterocycles. The summed E-state index contributed by atoms with van der Waals surface area (Å²) in [6.45, 7) is 0. The molecular weight excluding hydrogens is 741 g/mol. The van der Waals surface area contributed by atoms with Crippen LogP contribution in [-0.2, 0) is 0 Å². The SMILES string of the molecule is c1ccc(-c2nc(-c3cccc4c3oc3ccccc34)nc(-n3c4ccccc4c4ccc5c6ccccc6n(-c6ccc(-c7nc8ccccc8o7)cc6)c5c43)n2)cc1. The topological polar surface area (TPSA) is 87.7 Å². The van der Waals surface area contributed by atoms with Crippen molar-refractivity contribution in [3.05, 3.63) is 182 Å². The maximum Gasteiger partial charge on any atom is 0.238 e. The molecule has 0 atom stereocenters. The van der Waals surface area contributed by atoms with Crippen molar-refractivity contribution >= 4 is 76.6 Å². The Bertz CT molecular complexity index is 3800. The first-order valence-corrected chi connectivity index (χ1v) is 19.9. The minimum Gasteiger partial charge on any atom is -0.455 e. The molecule has 0 unspecified atom stereocenters. The lowest BCUT2D eigenvalue weighted by molar-refractivity contribution is 0.620. The van der Waals surface area contributed by atoms with E-state index in [2.05, 4.69) is 106 Å². The lowest BCUT2D eigenvalue weighted by Gasteiger charge is -2.13. The predicted octanol–water partition coefficient (Wildman–Crippen LogP) is 13.1. The number of para-hydroxylation sites is 6. The van der Waals surface area contributed by atoms with Crippen LogP contribution in [-0.4, -0.2) is 29.1 Å². The number of benzene rings is 8. The van der Waals surface area contributed by atoms with Gasteiger partial charge in [-0.2, -0.15) is 9.97 Å². The molecule has 8 aromatic carbocycles. The van der Waals surface area contributed by atoms with Gasteiger partial charge in [0.2, 0.25) is 11.8 Å². The van der Waals surface area contributed by atoms with Gasteiger partial charge in [-0.05, 0) is 60.7 Å². The summed E-state index contributed by atoms with van der Waals surface area (Å²) in [7, 11) is 0. The number of hydrogen-bond acceptors (Lipinski definition) is 6. The molecule has 5 aromatic heterocycles. The first-order valence-electron chi connectivity index (χ1n) is 19.9. The summed E-state index contributed by atoms with van der Waals surface area (Å²) in [5.41, 5.74) is 10.9. The number of rotatable bonds is 5. The molecule has 8 heteroatoms. The van der Waals surface area contributed by atoms with E-state index in [4.69, 9.17) is 28.8 Å². The highest BCUT2D eigenvalue weighted by Gasteiger charge is 2.24. The predicted molar refractivity (Wildman–Crippen MR) is 240 cm³/mol. The molecule has 0 N–H and O–H groups in total. The first-order chi connectivity index (χ1) is 29.7. The maximum atomic E-state index is 6.54. The van der Waals surface area contributed by atoms with Crippen LogP contribution in [0.15, 0.2) is 191 Å². The second-order valence-corrected chi connectivity index (χ2v) is 15.0. The van der Waals surface area contributed by atoms with E-state index < -0.39 is 0 Å². The molecule has 13 aromatic rings. The number of furan rings is 1. The van der Waals surface area contributed by atoms with Gasteiger partial charge in [-0.25, -0.2) is 9.97 Å². The van der Waals surface area contributed by atoms with E-state index in [-0.39, 0.29) is 0 Å². The van der Waals surface area contributed by atoms with Crippen LogP contribution >= 0.6 is 0 Å². The second kappa shape index (κ2) is 12.6. The zero-order chi connectivity index (χ0) is 39.3. The molecule has 0 aliphatic heterocycles. The Hall–Kier alpha value is -8.36. The zero-order valence-electron chi connectivity index (χ0n) is 31.8. The molecule has 0 spiro atoms. The Morgan fingerprint density at radius 2 is 0.983 bits per heavy atom. The van der Waals surface area contributed by atoms with Crippen LogP contribution in [0.1, 0.15) is 0 Å². The van der Waals surface area contributed by atoms with E-state index in [1.54, 1.807) is 0 Å². The maximum absolute atomic E-state index is 6.54. The van der Waals surface area contributed by atoms with Gasteiger partial charge >= 0.3 is 0 Å². The smallest absolute Gasteiger partial charge is 0.238 e. The van der Waals surface area contributed by atoms with Gasteiger partial charge in [-0.3, -0.25) is 4.57 Å². The Labute approximate surface area is 341 Å². The number of aromatic nitrogens is 6. The van der Waals surface area contributed by atoms with Gasteiger partial charge in [0.1, 0.15) is 16.7 Å². The van der Waals surface area contributed by atoms with E-state index >= 15 is 0 Å². The molecule has 5 heterocycles. The Morgan fingerprint density at radius 1 is 0.367 bits per heavy atom. The number of nitrogens with zero attached hydrogens (tertiary/aromatic N) is 6. The lowest BCUT2D eigenvalue weighted by Crippen LogP contribution is -2.07. The molecule has 0 aliphatic carbocycles. The van der Waals surface area contributed by atoms with Crippen molar-refractivity contribution in [1.82, 2.24) is 29.1 Å². The minimum absolute atomic E-state index is 0.508. The summed E-state index contributed by atoms with van der Waals surface area (Å²) in [6, 6.07) is 62.2. The van der Waals surface area contributed by atoms with Crippen molar-refractivity contribution in [2.45, 2.75) is 0 Å². The van der Waals surface area contributed by atoms with Crippen LogP contribution in [0.2, 0.25) is 0 Å². The van der Waals surface area contributed by atoms with Crippen molar-refractivity contribution < 1.29 is 8.83 Å². The van der Waals surface area contributed by atoms with Crippen molar-refractivity contribution in [1.29, 1.82) is 0 Å². The van der Waals surface area contributed by atoms with E-state index in [0.29, 0.717) is 23.5 Å². The van der Waals surface area contributed by atoms with Crippen molar-refractivity contribution in [2.75, 3.05) is 0 Å². The Morgan fingerprint density at radius 3 is 1.75 bits per heavy atom. The van der Waals surface area contributed by atoms with Crippen LogP contribution < -0.4 is 0 Å². The third kappa shape index (κ3) is 4.79. The van der Waals surface area contributed by atoms with Gasteiger partial charge < -0.3 is 13.4 Å². The van der Waals surface area contributed by atoms with Crippen LogP contribution in [0.4, 0.5) is 0 Å². The van der Waals surface area contributed by atoms with E-state index in [9.17, 15) is 0 Å². The van der Waals surface area contributed by atoms with Crippen molar-refractivity contribution in [2.24, 2.45) is 0 Å². The average molecular weight is 771 g/mol. The van der Waals surface area contributed by atoms with Crippen molar-refractivity contribution in [3.8, 4) is 45.9 Å². The highest BCUT2D eigenvalue weighted by Crippen LogP contribution is 2.42. The minimum atomic E-state index is 0.508. The number of hydrogen-bond donors (Lipinski definition) is 0. The van der Waals surface area contributed by atoms with Gasteiger partial charge in [0.25, 0.3) is 0 Å². The fourth-order valence-electron chi connectivity index (χ4n) is 8.95. The van der Waals surface area contributed by atoms with Crippen LogP contribution in [0.3, 0.4) is 0 Å². The lowest BCUT2D eigenvalue weighted by atomic mass is 10.1. The van der Waals surface area contributed by atoms with Gasteiger partial charge in [0.05, 0.1) is 27.6 Å². The van der Waals surface area contributed by atoms with Crippen LogP contribution in [0, 0.1) is 0 Å². The first kappa shape index (κ1) is 32.7. The van der Waals surface area contributed by atoms with Gasteiger partial charge in [0, 0.05) is 49.1 Å². The third-order valence-corrected chi connectivity index (χ3v) is 11.6. The molecule has 0 fully saturated rings. The largest absolute Gasteiger partial charge is 0.455 e. The zero-order valence-corrected chi connectivity index (χ0v) is 31.8. The Balaban J connectivity index is 1.11. The summed E-state index contributed by atoms with van der Waals surface area (Å²) >= 11 is 0. The second-order valence-electron chi connectivity index (χ2n) is 15.0. The van der Waals surface area contributed by atoms with Crippen LogP contribution in [0.5, 0.6) is 0 Å². The molecule has 0 amide bonds. The quantitative estimate of drug-likeness (QED) is 0.173. The molecule has 0 radical (unpaired) electrons. The summed E-state index contributed by atoms with van der Waals surface area (Å²) in [5.74, 6) is 2.19. The van der Waals surface area contributed by atoms with E-state index in [1.807, 2.05) is 84.9 Å². The molecule has 60 heavy (non-hydrogen) atoms. The summed E-state index contributed by atoms with van der Waals surface area (Å²) < 4.78 is 17.3. The van der Waals surface area contributed by atoms with E-state index in [1.165, 1.54) is 0 Å². The van der Waals surface area contributed by atoms with Gasteiger partial charge in [-0.1, -0.05) is 121 Å². The highest BCUT2D eigenvalue weighted by atomic mass is 16.3. The number of oxazole rings is 1. The fraction of sp³-hybridized carbons (Fsp3) is 0. The summed E-state index contributed by atoms with van der Waals surface area (Å²) in [6.07, 6.45) is 0. The fourth-order valence-corrected chi connectivity index (χ4v) is 8.95. The normalized spacial score (nSPS) is 12.0. The molecule has 0 aliphatic rings. The standard InChI is InChI=1S/C52H30N6O2/c1-2-13-31(14-3-1)49-54-50(40-19-12-18-39-36-17-6-10-23-44(36)59-48(39)40)56-52(55-49)58-43-22-9-5-16-35(43)38-30-29-37-34-15-4-8-21-42(34)57(46(37)47(38)58)33-27-25-32(26-28-33)51-53-41-20-7-11-24-45(41)60-51/h1-30H. The van der Waals surface area contributed by atoms with E-state index in [0.717, 1.165) is 99.0 Å². The molecular formula is C52H30N6O2. The average Bonchev–Trinajstić information content (AvgIpc) is 4.09.